The Morgan fingerprint density at radius 3 is 2.00 bits per heavy atom. The van der Waals surface area contributed by atoms with Gasteiger partial charge in [0, 0.05) is 23.7 Å². The number of hydrogen-bond donors (Lipinski definition) is 1. The van der Waals surface area contributed by atoms with Crippen molar-refractivity contribution < 1.29 is 13.2 Å². The number of benzene rings is 1. The van der Waals surface area contributed by atoms with E-state index in [1.54, 1.807) is 7.05 Å². The lowest BCUT2D eigenvalue weighted by Gasteiger charge is -2.27. The van der Waals surface area contributed by atoms with E-state index < -0.39 is 17.5 Å². The summed E-state index contributed by atoms with van der Waals surface area (Å²) in [5.74, 6) is -2.24. The van der Waals surface area contributed by atoms with Gasteiger partial charge in [-0.2, -0.15) is 0 Å². The zero-order valence-electron chi connectivity index (χ0n) is 11.2. The molecule has 0 aromatic heterocycles. The SMILES string of the molecule is CNC(c1c(F)cc(F)cc1F)C1CCCCCC1. The van der Waals surface area contributed by atoms with Crippen LogP contribution in [0.5, 0.6) is 0 Å². The van der Waals surface area contributed by atoms with E-state index in [0.29, 0.717) is 0 Å². The fourth-order valence-corrected chi connectivity index (χ4v) is 3.11. The molecule has 1 atom stereocenters. The van der Waals surface area contributed by atoms with Crippen molar-refractivity contribution in [2.45, 2.75) is 44.6 Å². The molecule has 0 amide bonds. The van der Waals surface area contributed by atoms with E-state index >= 15 is 0 Å². The highest BCUT2D eigenvalue weighted by atomic mass is 19.1. The van der Waals surface area contributed by atoms with Crippen LogP contribution in [0.3, 0.4) is 0 Å². The fourth-order valence-electron chi connectivity index (χ4n) is 3.11. The van der Waals surface area contributed by atoms with E-state index in [1.165, 1.54) is 12.8 Å². The molecule has 0 spiro atoms. The molecule has 0 saturated heterocycles. The van der Waals surface area contributed by atoms with Crippen molar-refractivity contribution in [2.75, 3.05) is 7.05 Å². The molecule has 2 rings (SSSR count). The Kier molecular flexibility index (Phi) is 4.86. The smallest absolute Gasteiger partial charge is 0.133 e. The predicted octanol–water partition coefficient (Wildman–Crippen LogP) is 4.33. The monoisotopic (exact) mass is 271 g/mol. The van der Waals surface area contributed by atoms with Crippen molar-refractivity contribution in [1.29, 1.82) is 0 Å². The van der Waals surface area contributed by atoms with E-state index in [1.807, 2.05) is 0 Å². The summed E-state index contributed by atoms with van der Waals surface area (Å²) in [5, 5.41) is 3.01. The molecule has 1 aliphatic carbocycles. The van der Waals surface area contributed by atoms with Crippen molar-refractivity contribution in [2.24, 2.45) is 5.92 Å². The maximum absolute atomic E-state index is 13.9. The molecule has 4 heteroatoms. The first-order valence-corrected chi connectivity index (χ1v) is 6.95. The standard InChI is InChI=1S/C15H20F3N/c1-19-15(10-6-4-2-3-5-7-10)14-12(17)8-11(16)9-13(14)18/h8-10,15,19H,2-7H2,1H3. The highest BCUT2D eigenvalue weighted by Crippen LogP contribution is 2.35. The van der Waals surface area contributed by atoms with Gasteiger partial charge in [-0.1, -0.05) is 25.7 Å². The maximum Gasteiger partial charge on any atom is 0.133 e. The van der Waals surface area contributed by atoms with E-state index in [-0.39, 0.29) is 17.5 Å². The van der Waals surface area contributed by atoms with Crippen LogP contribution in [0, 0.1) is 23.4 Å². The molecule has 1 fully saturated rings. The molecule has 106 valence electrons. The van der Waals surface area contributed by atoms with E-state index in [9.17, 15) is 13.2 Å². The van der Waals surface area contributed by atoms with E-state index in [2.05, 4.69) is 5.32 Å². The van der Waals surface area contributed by atoms with Crippen molar-refractivity contribution in [3.8, 4) is 0 Å². The minimum atomic E-state index is -0.866. The van der Waals surface area contributed by atoms with Crippen LogP contribution in [-0.4, -0.2) is 7.05 Å². The molecule has 0 bridgehead atoms. The largest absolute Gasteiger partial charge is 0.313 e. The zero-order chi connectivity index (χ0) is 13.8. The Balaban J connectivity index is 2.30. The third kappa shape index (κ3) is 3.30. The normalized spacial score (nSPS) is 19.2. The van der Waals surface area contributed by atoms with Crippen molar-refractivity contribution in [3.05, 3.63) is 35.1 Å². The highest BCUT2D eigenvalue weighted by molar-refractivity contribution is 5.25. The number of hydrogen-bond acceptors (Lipinski definition) is 1. The first-order valence-electron chi connectivity index (χ1n) is 6.95. The second-order valence-corrected chi connectivity index (χ2v) is 5.30. The van der Waals surface area contributed by atoms with Crippen LogP contribution < -0.4 is 5.32 Å². The predicted molar refractivity (Wildman–Crippen MR) is 69.3 cm³/mol. The molecule has 1 aliphatic rings. The molecule has 19 heavy (non-hydrogen) atoms. The Morgan fingerprint density at radius 1 is 1.00 bits per heavy atom. The van der Waals surface area contributed by atoms with Gasteiger partial charge in [-0.3, -0.25) is 0 Å². The van der Waals surface area contributed by atoms with Crippen molar-refractivity contribution >= 4 is 0 Å². The quantitative estimate of drug-likeness (QED) is 0.807. The minimum absolute atomic E-state index is 0.0178. The molecule has 1 N–H and O–H groups in total. The van der Waals surface area contributed by atoms with Crippen LogP contribution in [0.2, 0.25) is 0 Å². The molecule has 0 radical (unpaired) electrons. The van der Waals surface area contributed by atoms with Gasteiger partial charge in [-0.05, 0) is 25.8 Å². The van der Waals surface area contributed by atoms with Crippen LogP contribution >= 0.6 is 0 Å². The molecule has 1 aromatic carbocycles. The Morgan fingerprint density at radius 2 is 1.53 bits per heavy atom. The number of rotatable bonds is 3. The van der Waals surface area contributed by atoms with Gasteiger partial charge in [0.05, 0.1) is 0 Å². The van der Waals surface area contributed by atoms with Gasteiger partial charge < -0.3 is 5.32 Å². The second-order valence-electron chi connectivity index (χ2n) is 5.30. The Bertz CT molecular complexity index is 402. The lowest BCUT2D eigenvalue weighted by atomic mass is 9.86. The van der Waals surface area contributed by atoms with E-state index in [0.717, 1.165) is 37.8 Å². The summed E-state index contributed by atoms with van der Waals surface area (Å²) in [7, 11) is 1.71. The highest BCUT2D eigenvalue weighted by Gasteiger charge is 2.28. The van der Waals surface area contributed by atoms with Crippen molar-refractivity contribution in [1.82, 2.24) is 5.32 Å². The molecule has 1 saturated carbocycles. The fraction of sp³-hybridized carbons (Fsp3) is 0.600. The molecular weight excluding hydrogens is 251 g/mol. The van der Waals surface area contributed by atoms with Gasteiger partial charge in [0.25, 0.3) is 0 Å². The molecular formula is C15H20F3N. The van der Waals surface area contributed by atoms with Crippen LogP contribution in [0.15, 0.2) is 12.1 Å². The van der Waals surface area contributed by atoms with Gasteiger partial charge >= 0.3 is 0 Å². The molecule has 1 unspecified atom stereocenters. The Labute approximate surface area is 112 Å². The average molecular weight is 271 g/mol. The summed E-state index contributed by atoms with van der Waals surface area (Å²) >= 11 is 0. The third-order valence-corrected chi connectivity index (χ3v) is 4.04. The lowest BCUT2D eigenvalue weighted by Crippen LogP contribution is -2.27. The van der Waals surface area contributed by atoms with Crippen molar-refractivity contribution in [3.63, 3.8) is 0 Å². The molecule has 0 aliphatic heterocycles. The van der Waals surface area contributed by atoms with Gasteiger partial charge in [0.15, 0.2) is 0 Å². The molecule has 1 nitrogen and oxygen atoms in total. The second kappa shape index (κ2) is 6.42. The topological polar surface area (TPSA) is 12.0 Å². The molecule has 1 aromatic rings. The van der Waals surface area contributed by atoms with E-state index in [4.69, 9.17) is 0 Å². The van der Waals surface area contributed by atoms with Gasteiger partial charge in [0.1, 0.15) is 17.5 Å². The average Bonchev–Trinajstić information content (AvgIpc) is 2.62. The first kappa shape index (κ1) is 14.4. The van der Waals surface area contributed by atoms with Crippen LogP contribution in [0.4, 0.5) is 13.2 Å². The number of nitrogens with one attached hydrogen (secondary N) is 1. The van der Waals surface area contributed by atoms with Crippen LogP contribution in [0.1, 0.15) is 50.1 Å². The summed E-state index contributed by atoms with van der Waals surface area (Å²) in [6.45, 7) is 0. The summed E-state index contributed by atoms with van der Waals surface area (Å²) < 4.78 is 40.8. The maximum atomic E-state index is 13.9. The summed E-state index contributed by atoms with van der Waals surface area (Å²) in [4.78, 5) is 0. The van der Waals surface area contributed by atoms with Gasteiger partial charge in [0.2, 0.25) is 0 Å². The zero-order valence-corrected chi connectivity index (χ0v) is 11.2. The van der Waals surface area contributed by atoms with Gasteiger partial charge in [-0.25, -0.2) is 13.2 Å². The summed E-state index contributed by atoms with van der Waals surface area (Å²) in [6, 6.07) is 1.15. The Hall–Kier alpha value is -1.03. The molecule has 0 heterocycles. The van der Waals surface area contributed by atoms with Crippen LogP contribution in [0.25, 0.3) is 0 Å². The third-order valence-electron chi connectivity index (χ3n) is 4.04. The lowest BCUT2D eigenvalue weighted by molar-refractivity contribution is 0.322. The van der Waals surface area contributed by atoms with Gasteiger partial charge in [-0.15, -0.1) is 0 Å². The summed E-state index contributed by atoms with van der Waals surface area (Å²) in [5.41, 5.74) is -0.0178. The summed E-state index contributed by atoms with van der Waals surface area (Å²) in [6.07, 6.45) is 6.46. The minimum Gasteiger partial charge on any atom is -0.313 e. The number of halogens is 3. The van der Waals surface area contributed by atoms with Crippen LogP contribution in [-0.2, 0) is 0 Å². The first-order chi connectivity index (χ1) is 9.13.